The molecule has 0 radical (unpaired) electrons. The van der Waals surface area contributed by atoms with E-state index in [0.29, 0.717) is 11.6 Å². The minimum Gasteiger partial charge on any atom is -0.508 e. The van der Waals surface area contributed by atoms with Crippen molar-refractivity contribution in [2.75, 3.05) is 19.6 Å². The lowest BCUT2D eigenvalue weighted by Gasteiger charge is -2.32. The molecule has 2 rings (SSSR count). The number of piperazine rings is 1. The lowest BCUT2D eigenvalue weighted by Crippen LogP contribution is -2.51. The first-order chi connectivity index (χ1) is 8.08. The lowest BCUT2D eigenvalue weighted by atomic mass is 10.1. The van der Waals surface area contributed by atoms with E-state index in [9.17, 15) is 9.90 Å². The maximum atomic E-state index is 12.3. The van der Waals surface area contributed by atoms with Crippen LogP contribution in [0.3, 0.4) is 0 Å². The molecule has 1 aliphatic rings. The minimum atomic E-state index is 0.0517. The molecule has 2 N–H and O–H groups in total. The summed E-state index contributed by atoms with van der Waals surface area (Å²) in [7, 11) is 0. The van der Waals surface area contributed by atoms with E-state index in [2.05, 4.69) is 12.2 Å². The highest BCUT2D eigenvalue weighted by atomic mass is 16.3. The SMILES string of the molecule is Cc1cc(O)ccc1C(=O)N1CCN[C@@H](C)C1. The van der Waals surface area contributed by atoms with Gasteiger partial charge in [0.15, 0.2) is 0 Å². The molecule has 1 heterocycles. The molecule has 0 aliphatic carbocycles. The molecule has 0 aromatic heterocycles. The normalized spacial score (nSPS) is 20.4. The number of aryl methyl sites for hydroxylation is 1. The van der Waals surface area contributed by atoms with Gasteiger partial charge >= 0.3 is 0 Å². The van der Waals surface area contributed by atoms with Crippen LogP contribution in [0.5, 0.6) is 5.75 Å². The molecular weight excluding hydrogens is 216 g/mol. The highest BCUT2D eigenvalue weighted by molar-refractivity contribution is 5.95. The summed E-state index contributed by atoms with van der Waals surface area (Å²) in [6.07, 6.45) is 0. The van der Waals surface area contributed by atoms with Crippen LogP contribution in [0.2, 0.25) is 0 Å². The summed E-state index contributed by atoms with van der Waals surface area (Å²) in [4.78, 5) is 14.2. The summed E-state index contributed by atoms with van der Waals surface area (Å²) in [6, 6.07) is 5.22. The van der Waals surface area contributed by atoms with Gasteiger partial charge in [-0.2, -0.15) is 0 Å². The summed E-state index contributed by atoms with van der Waals surface area (Å²) in [6.45, 7) is 6.23. The molecule has 0 bridgehead atoms. The number of phenolic OH excluding ortho intramolecular Hbond substituents is 1. The predicted molar refractivity (Wildman–Crippen MR) is 66.2 cm³/mol. The maximum absolute atomic E-state index is 12.3. The van der Waals surface area contributed by atoms with Gasteiger partial charge in [-0.3, -0.25) is 4.79 Å². The number of phenols is 1. The Hall–Kier alpha value is -1.55. The van der Waals surface area contributed by atoms with Crippen molar-refractivity contribution in [3.05, 3.63) is 29.3 Å². The van der Waals surface area contributed by atoms with E-state index in [1.165, 1.54) is 0 Å². The van der Waals surface area contributed by atoms with Crippen molar-refractivity contribution in [2.24, 2.45) is 0 Å². The van der Waals surface area contributed by atoms with E-state index >= 15 is 0 Å². The molecule has 1 aliphatic heterocycles. The molecule has 4 heteroatoms. The highest BCUT2D eigenvalue weighted by Crippen LogP contribution is 2.18. The van der Waals surface area contributed by atoms with Gasteiger partial charge < -0.3 is 15.3 Å². The van der Waals surface area contributed by atoms with Gasteiger partial charge in [0.2, 0.25) is 0 Å². The van der Waals surface area contributed by atoms with Gasteiger partial charge in [-0.15, -0.1) is 0 Å². The summed E-state index contributed by atoms with van der Waals surface area (Å²) >= 11 is 0. The molecular formula is C13H18N2O2. The summed E-state index contributed by atoms with van der Waals surface area (Å²) in [5.41, 5.74) is 1.50. The predicted octanol–water partition coefficient (Wildman–Crippen LogP) is 1.13. The van der Waals surface area contributed by atoms with Gasteiger partial charge in [0, 0.05) is 31.2 Å². The monoisotopic (exact) mass is 234 g/mol. The second-order valence-corrected chi connectivity index (χ2v) is 4.61. The number of hydrogen-bond acceptors (Lipinski definition) is 3. The average molecular weight is 234 g/mol. The van der Waals surface area contributed by atoms with Crippen molar-refractivity contribution in [2.45, 2.75) is 19.9 Å². The largest absolute Gasteiger partial charge is 0.508 e. The van der Waals surface area contributed by atoms with Crippen molar-refractivity contribution >= 4 is 5.91 Å². The third-order valence-corrected chi connectivity index (χ3v) is 3.10. The average Bonchev–Trinajstić information content (AvgIpc) is 2.28. The zero-order valence-electron chi connectivity index (χ0n) is 10.2. The summed E-state index contributed by atoms with van der Waals surface area (Å²) < 4.78 is 0. The van der Waals surface area contributed by atoms with Gasteiger partial charge in [0.1, 0.15) is 5.75 Å². The first kappa shape index (κ1) is 11.9. The number of carbonyl (C=O) groups excluding carboxylic acids is 1. The fraction of sp³-hybridized carbons (Fsp3) is 0.462. The van der Waals surface area contributed by atoms with Crippen LogP contribution in [-0.2, 0) is 0 Å². The van der Waals surface area contributed by atoms with Crippen LogP contribution in [0.4, 0.5) is 0 Å². The summed E-state index contributed by atoms with van der Waals surface area (Å²) in [5, 5.41) is 12.6. The Morgan fingerprint density at radius 2 is 2.29 bits per heavy atom. The van der Waals surface area contributed by atoms with E-state index < -0.39 is 0 Å². The summed E-state index contributed by atoms with van der Waals surface area (Å²) in [5.74, 6) is 0.253. The Bertz CT molecular complexity index is 431. The van der Waals surface area contributed by atoms with Gasteiger partial charge in [0.25, 0.3) is 5.91 Å². The van der Waals surface area contributed by atoms with Crippen LogP contribution in [0.15, 0.2) is 18.2 Å². The Kier molecular flexibility index (Phi) is 3.33. The van der Waals surface area contributed by atoms with Gasteiger partial charge in [-0.1, -0.05) is 0 Å². The molecule has 4 nitrogen and oxygen atoms in total. The fourth-order valence-corrected chi connectivity index (χ4v) is 2.17. The number of aromatic hydroxyl groups is 1. The van der Waals surface area contributed by atoms with Crippen LogP contribution in [-0.4, -0.2) is 41.6 Å². The molecule has 0 saturated carbocycles. The van der Waals surface area contributed by atoms with Gasteiger partial charge in [0.05, 0.1) is 0 Å². The van der Waals surface area contributed by atoms with Crippen molar-refractivity contribution in [1.82, 2.24) is 10.2 Å². The topological polar surface area (TPSA) is 52.6 Å². The van der Waals surface area contributed by atoms with Crippen molar-refractivity contribution < 1.29 is 9.90 Å². The zero-order valence-corrected chi connectivity index (χ0v) is 10.2. The molecule has 1 aromatic carbocycles. The van der Waals surface area contributed by atoms with E-state index in [4.69, 9.17) is 0 Å². The molecule has 1 amide bonds. The molecule has 17 heavy (non-hydrogen) atoms. The molecule has 92 valence electrons. The lowest BCUT2D eigenvalue weighted by molar-refractivity contribution is 0.0708. The first-order valence-electron chi connectivity index (χ1n) is 5.90. The first-order valence-corrected chi connectivity index (χ1v) is 5.90. The number of rotatable bonds is 1. The molecule has 1 aromatic rings. The highest BCUT2D eigenvalue weighted by Gasteiger charge is 2.22. The number of benzene rings is 1. The molecule has 0 spiro atoms. The molecule has 0 unspecified atom stereocenters. The van der Waals surface area contributed by atoms with Crippen LogP contribution in [0.25, 0.3) is 0 Å². The Balaban J connectivity index is 2.18. The van der Waals surface area contributed by atoms with E-state index in [1.807, 2.05) is 11.8 Å². The van der Waals surface area contributed by atoms with Gasteiger partial charge in [-0.05, 0) is 37.6 Å². The Labute approximate surface area is 101 Å². The van der Waals surface area contributed by atoms with E-state index in [-0.39, 0.29) is 11.7 Å². The van der Waals surface area contributed by atoms with Crippen molar-refractivity contribution in [3.8, 4) is 5.75 Å². The standard InChI is InChI=1S/C13H18N2O2/c1-9-7-11(16)3-4-12(9)13(17)15-6-5-14-10(2)8-15/h3-4,7,10,14,16H,5-6,8H2,1-2H3/t10-/m0/s1. The number of hydrogen-bond donors (Lipinski definition) is 2. The molecule has 1 saturated heterocycles. The van der Waals surface area contributed by atoms with Crippen molar-refractivity contribution in [1.29, 1.82) is 0 Å². The Morgan fingerprint density at radius 3 is 2.94 bits per heavy atom. The van der Waals surface area contributed by atoms with E-state index in [1.54, 1.807) is 18.2 Å². The minimum absolute atomic E-state index is 0.0517. The fourth-order valence-electron chi connectivity index (χ4n) is 2.17. The second-order valence-electron chi connectivity index (χ2n) is 4.61. The third kappa shape index (κ3) is 2.58. The van der Waals surface area contributed by atoms with Crippen LogP contribution < -0.4 is 5.32 Å². The maximum Gasteiger partial charge on any atom is 0.254 e. The van der Waals surface area contributed by atoms with Crippen LogP contribution in [0.1, 0.15) is 22.8 Å². The third-order valence-electron chi connectivity index (χ3n) is 3.10. The quantitative estimate of drug-likeness (QED) is 0.766. The zero-order chi connectivity index (χ0) is 12.4. The van der Waals surface area contributed by atoms with Crippen LogP contribution >= 0.6 is 0 Å². The Morgan fingerprint density at radius 1 is 1.53 bits per heavy atom. The molecule has 1 fully saturated rings. The number of nitrogens with one attached hydrogen (secondary N) is 1. The van der Waals surface area contributed by atoms with Crippen molar-refractivity contribution in [3.63, 3.8) is 0 Å². The van der Waals surface area contributed by atoms with Crippen LogP contribution in [0, 0.1) is 6.92 Å². The van der Waals surface area contributed by atoms with E-state index in [0.717, 1.165) is 25.2 Å². The smallest absolute Gasteiger partial charge is 0.254 e. The number of carbonyl (C=O) groups is 1. The molecule has 1 atom stereocenters. The van der Waals surface area contributed by atoms with Gasteiger partial charge in [-0.25, -0.2) is 0 Å². The number of nitrogens with zero attached hydrogens (tertiary/aromatic N) is 1. The number of amides is 1. The second kappa shape index (κ2) is 4.75.